The summed E-state index contributed by atoms with van der Waals surface area (Å²) in [6.45, 7) is 4.57. The van der Waals surface area contributed by atoms with Gasteiger partial charge in [0.25, 0.3) is 0 Å². The molecule has 0 aromatic heterocycles. The van der Waals surface area contributed by atoms with E-state index < -0.39 is 12.2 Å². The van der Waals surface area contributed by atoms with Crippen molar-refractivity contribution in [1.82, 2.24) is 0 Å². The fraction of sp³-hybridized carbons (Fsp3) is 0.500. The van der Waals surface area contributed by atoms with Crippen LogP contribution in [0.4, 0.5) is 8.78 Å². The average Bonchev–Trinajstić information content (AvgIpc) is 3.17. The molecule has 272 valence electrons. The third-order valence-electron chi connectivity index (χ3n) is 12.2. The monoisotopic (exact) mass is 690 g/mol. The number of halogens is 2. The quantitative estimate of drug-likeness (QED) is 0.106. The van der Waals surface area contributed by atoms with Crippen LogP contribution in [0.15, 0.2) is 97.1 Å². The van der Waals surface area contributed by atoms with E-state index >= 15 is 0 Å². The van der Waals surface area contributed by atoms with Gasteiger partial charge in [0, 0.05) is 0 Å². The molecule has 2 saturated carbocycles. The van der Waals surface area contributed by atoms with Gasteiger partial charge < -0.3 is 4.74 Å². The van der Waals surface area contributed by atoms with E-state index in [-0.39, 0.29) is 11.6 Å². The standard InChI is InChI=1S/C48H60F2O/c1-3-5-7-9-35-11-15-37(16-12-35)39-19-23-41(24-20-39)47(43-27-31-45(49)32-28-43)51-48(44-29-33-46(50)34-30-44)42-25-21-40(22-26-42)38-17-13-36(14-18-38)10-8-6-4-2/h19-38,47-48H,3-18H2,1-2H3. The molecule has 0 amide bonds. The molecule has 0 saturated heterocycles. The van der Waals surface area contributed by atoms with Crippen molar-refractivity contribution in [3.05, 3.63) is 142 Å². The average molecular weight is 691 g/mol. The molecule has 4 aromatic rings. The Morgan fingerprint density at radius 2 is 0.765 bits per heavy atom. The molecule has 6 rings (SSSR count). The summed E-state index contributed by atoms with van der Waals surface area (Å²) in [4.78, 5) is 0. The Morgan fingerprint density at radius 3 is 1.08 bits per heavy atom. The van der Waals surface area contributed by atoms with Gasteiger partial charge in [-0.05, 0) is 133 Å². The molecule has 2 aliphatic rings. The van der Waals surface area contributed by atoms with Crippen LogP contribution in [-0.4, -0.2) is 0 Å². The zero-order chi connectivity index (χ0) is 35.4. The highest BCUT2D eigenvalue weighted by molar-refractivity contribution is 5.37. The second-order valence-electron chi connectivity index (χ2n) is 15.8. The Kier molecular flexibility index (Phi) is 13.9. The van der Waals surface area contributed by atoms with Gasteiger partial charge >= 0.3 is 0 Å². The van der Waals surface area contributed by atoms with E-state index in [9.17, 15) is 8.78 Å². The van der Waals surface area contributed by atoms with Gasteiger partial charge in [-0.2, -0.15) is 0 Å². The maximum Gasteiger partial charge on any atom is 0.123 e. The largest absolute Gasteiger partial charge is 0.356 e. The highest BCUT2D eigenvalue weighted by atomic mass is 19.1. The number of hydrogen-bond acceptors (Lipinski definition) is 1. The van der Waals surface area contributed by atoms with Crippen molar-refractivity contribution in [2.24, 2.45) is 11.8 Å². The van der Waals surface area contributed by atoms with Gasteiger partial charge in [0.2, 0.25) is 0 Å². The minimum absolute atomic E-state index is 0.265. The summed E-state index contributed by atoms with van der Waals surface area (Å²) >= 11 is 0. The van der Waals surface area contributed by atoms with Crippen LogP contribution in [0.3, 0.4) is 0 Å². The van der Waals surface area contributed by atoms with Crippen LogP contribution in [0.2, 0.25) is 0 Å². The first-order valence-electron chi connectivity index (χ1n) is 20.4. The number of unbranched alkanes of at least 4 members (excludes halogenated alkanes) is 4. The molecule has 0 N–H and O–H groups in total. The molecule has 2 unspecified atom stereocenters. The smallest absolute Gasteiger partial charge is 0.123 e. The van der Waals surface area contributed by atoms with Crippen molar-refractivity contribution >= 4 is 0 Å². The fourth-order valence-corrected chi connectivity index (χ4v) is 8.93. The summed E-state index contributed by atoms with van der Waals surface area (Å²) in [6, 6.07) is 31.4. The van der Waals surface area contributed by atoms with Crippen LogP contribution in [0, 0.1) is 23.5 Å². The lowest BCUT2D eigenvalue weighted by Crippen LogP contribution is -2.15. The highest BCUT2D eigenvalue weighted by Gasteiger charge is 2.27. The zero-order valence-electron chi connectivity index (χ0n) is 31.2. The molecule has 0 aliphatic heterocycles. The summed E-state index contributed by atoms with van der Waals surface area (Å²) in [5.74, 6) is 2.45. The zero-order valence-corrected chi connectivity index (χ0v) is 31.2. The van der Waals surface area contributed by atoms with Crippen LogP contribution < -0.4 is 0 Å². The van der Waals surface area contributed by atoms with Crippen molar-refractivity contribution in [2.45, 2.75) is 141 Å². The Balaban J connectivity index is 1.21. The molecule has 1 nitrogen and oxygen atoms in total. The van der Waals surface area contributed by atoms with Gasteiger partial charge in [0.15, 0.2) is 0 Å². The first kappa shape index (κ1) is 37.5. The van der Waals surface area contributed by atoms with Crippen molar-refractivity contribution in [1.29, 1.82) is 0 Å². The predicted molar refractivity (Wildman–Crippen MR) is 208 cm³/mol. The van der Waals surface area contributed by atoms with E-state index in [1.54, 1.807) is 0 Å². The summed E-state index contributed by atoms with van der Waals surface area (Å²) in [5.41, 5.74) is 6.69. The molecule has 0 radical (unpaired) electrons. The Morgan fingerprint density at radius 1 is 0.451 bits per heavy atom. The lowest BCUT2D eigenvalue weighted by molar-refractivity contribution is 0.0307. The predicted octanol–water partition coefficient (Wildman–Crippen LogP) is 14.6. The summed E-state index contributed by atoms with van der Waals surface area (Å²) in [5, 5.41) is 0. The molecule has 0 bridgehead atoms. The third kappa shape index (κ3) is 10.4. The Bertz CT molecular complexity index is 1440. The molecular formula is C48H60F2O. The minimum atomic E-state index is -0.424. The molecule has 0 heterocycles. The normalized spacial score (nSPS) is 22.0. The van der Waals surface area contributed by atoms with E-state index in [4.69, 9.17) is 4.74 Å². The van der Waals surface area contributed by atoms with Crippen molar-refractivity contribution < 1.29 is 13.5 Å². The summed E-state index contributed by atoms with van der Waals surface area (Å²) < 4.78 is 35.4. The summed E-state index contributed by atoms with van der Waals surface area (Å²) in [7, 11) is 0. The van der Waals surface area contributed by atoms with Crippen LogP contribution in [-0.2, 0) is 4.74 Å². The topological polar surface area (TPSA) is 9.23 Å². The fourth-order valence-electron chi connectivity index (χ4n) is 8.93. The van der Waals surface area contributed by atoms with E-state index in [0.717, 1.165) is 34.1 Å². The summed E-state index contributed by atoms with van der Waals surface area (Å²) in [6.07, 6.45) is 20.3. The van der Waals surface area contributed by atoms with E-state index in [0.29, 0.717) is 11.8 Å². The number of benzene rings is 4. The number of hydrogen-bond donors (Lipinski definition) is 0. The van der Waals surface area contributed by atoms with Gasteiger partial charge in [-0.15, -0.1) is 0 Å². The number of ether oxygens (including phenoxy) is 1. The molecule has 3 heteroatoms. The molecular weight excluding hydrogens is 631 g/mol. The van der Waals surface area contributed by atoms with Gasteiger partial charge in [-0.25, -0.2) is 8.78 Å². The maximum atomic E-state index is 14.2. The van der Waals surface area contributed by atoms with Gasteiger partial charge in [-0.1, -0.05) is 138 Å². The third-order valence-corrected chi connectivity index (χ3v) is 12.2. The van der Waals surface area contributed by atoms with Crippen LogP contribution >= 0.6 is 0 Å². The lowest BCUT2D eigenvalue weighted by Gasteiger charge is -2.30. The molecule has 51 heavy (non-hydrogen) atoms. The molecule has 0 spiro atoms. The lowest BCUT2D eigenvalue weighted by atomic mass is 9.77. The van der Waals surface area contributed by atoms with Gasteiger partial charge in [0.05, 0.1) is 0 Å². The molecule has 2 aliphatic carbocycles. The first-order chi connectivity index (χ1) is 25.0. The van der Waals surface area contributed by atoms with Crippen LogP contribution in [0.25, 0.3) is 0 Å². The maximum absolute atomic E-state index is 14.2. The highest BCUT2D eigenvalue weighted by Crippen LogP contribution is 2.42. The van der Waals surface area contributed by atoms with E-state index in [1.165, 1.54) is 138 Å². The Hall–Kier alpha value is -3.30. The SMILES string of the molecule is CCCCCC1CCC(c2ccc(C(OC(c3ccc(F)cc3)c3ccc(C4CCC(CCCCC)CC4)cc3)c3ccc(F)cc3)cc2)CC1. The molecule has 2 atom stereocenters. The molecule has 4 aromatic carbocycles. The van der Waals surface area contributed by atoms with Crippen molar-refractivity contribution in [3.63, 3.8) is 0 Å². The second kappa shape index (κ2) is 19.0. The van der Waals surface area contributed by atoms with Crippen LogP contribution in [0.5, 0.6) is 0 Å². The van der Waals surface area contributed by atoms with Gasteiger partial charge in [-0.3, -0.25) is 0 Å². The van der Waals surface area contributed by atoms with Gasteiger partial charge in [0.1, 0.15) is 23.8 Å². The van der Waals surface area contributed by atoms with E-state index in [2.05, 4.69) is 62.4 Å². The van der Waals surface area contributed by atoms with Crippen molar-refractivity contribution in [3.8, 4) is 0 Å². The van der Waals surface area contributed by atoms with Crippen LogP contribution in [0.1, 0.15) is 174 Å². The minimum Gasteiger partial charge on any atom is -0.356 e. The van der Waals surface area contributed by atoms with E-state index in [1.807, 2.05) is 24.3 Å². The first-order valence-corrected chi connectivity index (χ1v) is 20.4. The molecule has 2 fully saturated rings. The van der Waals surface area contributed by atoms with Crippen molar-refractivity contribution in [2.75, 3.05) is 0 Å². The second-order valence-corrected chi connectivity index (χ2v) is 15.8. The Labute approximate surface area is 307 Å². The number of rotatable bonds is 16.